The molecule has 0 saturated heterocycles. The third-order valence-corrected chi connectivity index (χ3v) is 2.54. The van der Waals surface area contributed by atoms with Crippen LogP contribution in [-0.2, 0) is 20.7 Å². The summed E-state index contributed by atoms with van der Waals surface area (Å²) in [5.74, 6) is -0.943. The maximum atomic E-state index is 11.6. The Hall–Kier alpha value is -1.79. The van der Waals surface area contributed by atoms with Crippen LogP contribution >= 0.6 is 0 Å². The van der Waals surface area contributed by atoms with Crippen molar-refractivity contribution in [3.8, 4) is 11.5 Å². The number of aromatic hydroxyl groups is 2. The Bertz CT molecular complexity index is 421. The van der Waals surface area contributed by atoms with Gasteiger partial charge in [-0.3, -0.25) is 4.79 Å². The van der Waals surface area contributed by atoms with Gasteiger partial charge in [0.15, 0.2) is 11.5 Å². The zero-order chi connectivity index (χ0) is 14.3. The van der Waals surface area contributed by atoms with E-state index < -0.39 is 12.0 Å². The fourth-order valence-electron chi connectivity index (χ4n) is 1.52. The number of rotatable bonds is 7. The lowest BCUT2D eigenvalue weighted by atomic mass is 10.1. The lowest BCUT2D eigenvalue weighted by Gasteiger charge is -2.12. The van der Waals surface area contributed by atoms with Crippen LogP contribution in [0.15, 0.2) is 18.2 Å². The molecule has 0 bridgehead atoms. The number of methoxy groups -OCH3 is 1. The molecule has 106 valence electrons. The summed E-state index contributed by atoms with van der Waals surface area (Å²) in [5.41, 5.74) is 6.35. The van der Waals surface area contributed by atoms with Crippen molar-refractivity contribution in [3.05, 3.63) is 23.8 Å². The summed E-state index contributed by atoms with van der Waals surface area (Å²) in [6, 6.07) is 3.51. The number of carbonyl (C=O) groups excluding carboxylic acids is 1. The second-order valence-electron chi connectivity index (χ2n) is 4.15. The van der Waals surface area contributed by atoms with E-state index in [2.05, 4.69) is 0 Å². The van der Waals surface area contributed by atoms with Crippen LogP contribution in [0, 0.1) is 0 Å². The van der Waals surface area contributed by atoms with Crippen molar-refractivity contribution in [1.82, 2.24) is 0 Å². The third kappa shape index (κ3) is 5.15. The van der Waals surface area contributed by atoms with Crippen LogP contribution in [0.1, 0.15) is 12.0 Å². The van der Waals surface area contributed by atoms with Crippen LogP contribution in [0.3, 0.4) is 0 Å². The maximum Gasteiger partial charge on any atom is 0.323 e. The number of phenolic OH excluding ortho intramolecular Hbond substituents is 2. The highest BCUT2D eigenvalue weighted by Crippen LogP contribution is 2.25. The molecule has 4 N–H and O–H groups in total. The average molecular weight is 269 g/mol. The van der Waals surface area contributed by atoms with Gasteiger partial charge in [-0.15, -0.1) is 0 Å². The van der Waals surface area contributed by atoms with E-state index in [1.807, 2.05) is 0 Å². The molecule has 1 atom stereocenters. The van der Waals surface area contributed by atoms with E-state index in [9.17, 15) is 9.90 Å². The molecular weight excluding hydrogens is 250 g/mol. The second kappa shape index (κ2) is 7.60. The summed E-state index contributed by atoms with van der Waals surface area (Å²) < 4.78 is 9.81. The maximum absolute atomic E-state index is 11.6. The first-order valence-corrected chi connectivity index (χ1v) is 5.96. The minimum atomic E-state index is -0.800. The van der Waals surface area contributed by atoms with Crippen LogP contribution in [0.5, 0.6) is 11.5 Å². The van der Waals surface area contributed by atoms with Gasteiger partial charge in [-0.2, -0.15) is 0 Å². The zero-order valence-corrected chi connectivity index (χ0v) is 10.8. The van der Waals surface area contributed by atoms with E-state index in [-0.39, 0.29) is 24.5 Å². The Morgan fingerprint density at radius 2 is 2.05 bits per heavy atom. The van der Waals surface area contributed by atoms with Gasteiger partial charge in [-0.25, -0.2) is 0 Å². The van der Waals surface area contributed by atoms with E-state index in [0.29, 0.717) is 18.6 Å². The van der Waals surface area contributed by atoms with E-state index in [4.69, 9.17) is 20.3 Å². The first-order valence-electron chi connectivity index (χ1n) is 5.96. The van der Waals surface area contributed by atoms with E-state index in [0.717, 1.165) is 0 Å². The van der Waals surface area contributed by atoms with Gasteiger partial charge < -0.3 is 25.4 Å². The van der Waals surface area contributed by atoms with Crippen molar-refractivity contribution in [2.75, 3.05) is 20.3 Å². The molecule has 1 unspecified atom stereocenters. The molecule has 0 saturated carbocycles. The number of hydrogen-bond donors (Lipinski definition) is 3. The number of carbonyl (C=O) groups is 1. The number of benzene rings is 1. The van der Waals surface area contributed by atoms with Crippen molar-refractivity contribution in [1.29, 1.82) is 0 Å². The molecule has 1 aromatic rings. The summed E-state index contributed by atoms with van der Waals surface area (Å²) in [6.07, 6.45) is 0.853. The number of nitrogens with two attached hydrogens (primary N) is 1. The molecule has 0 fully saturated rings. The molecule has 0 aromatic heterocycles. The summed E-state index contributed by atoms with van der Waals surface area (Å²) in [4.78, 5) is 11.6. The number of phenols is 2. The van der Waals surface area contributed by atoms with E-state index in [1.54, 1.807) is 13.2 Å². The standard InChI is InChI=1S/C13H19NO5/c1-18-5-2-6-19-13(17)10(14)7-9-3-4-11(15)12(16)8-9/h3-4,8,10,15-16H,2,5-7,14H2,1H3. The van der Waals surface area contributed by atoms with Crippen molar-refractivity contribution in [2.24, 2.45) is 5.73 Å². The average Bonchev–Trinajstić information content (AvgIpc) is 2.38. The highest BCUT2D eigenvalue weighted by Gasteiger charge is 2.16. The third-order valence-electron chi connectivity index (χ3n) is 2.54. The molecule has 6 nitrogen and oxygen atoms in total. The Balaban J connectivity index is 2.42. The Labute approximate surface area is 111 Å². The van der Waals surface area contributed by atoms with Gasteiger partial charge >= 0.3 is 5.97 Å². The van der Waals surface area contributed by atoms with E-state index >= 15 is 0 Å². The van der Waals surface area contributed by atoms with Crippen LogP contribution < -0.4 is 5.73 Å². The monoisotopic (exact) mass is 269 g/mol. The second-order valence-corrected chi connectivity index (χ2v) is 4.15. The highest BCUT2D eigenvalue weighted by atomic mass is 16.5. The fourth-order valence-corrected chi connectivity index (χ4v) is 1.52. The van der Waals surface area contributed by atoms with Gasteiger partial charge in [-0.1, -0.05) is 6.07 Å². The molecule has 0 radical (unpaired) electrons. The van der Waals surface area contributed by atoms with E-state index in [1.165, 1.54) is 12.1 Å². The van der Waals surface area contributed by atoms with Crippen molar-refractivity contribution < 1.29 is 24.5 Å². The lowest BCUT2D eigenvalue weighted by molar-refractivity contribution is -0.145. The molecule has 6 heteroatoms. The number of esters is 1. The summed E-state index contributed by atoms with van der Waals surface area (Å²) in [6.45, 7) is 0.787. The van der Waals surface area contributed by atoms with Crippen molar-refractivity contribution in [3.63, 3.8) is 0 Å². The van der Waals surface area contributed by atoms with Crippen LogP contribution in [-0.4, -0.2) is 42.5 Å². The first kappa shape index (κ1) is 15.3. The Kier molecular flexibility index (Phi) is 6.11. The van der Waals surface area contributed by atoms with Crippen molar-refractivity contribution >= 4 is 5.97 Å². The molecule has 1 rings (SSSR count). The molecule has 0 spiro atoms. The number of hydrogen-bond acceptors (Lipinski definition) is 6. The highest BCUT2D eigenvalue weighted by molar-refractivity contribution is 5.75. The van der Waals surface area contributed by atoms with Gasteiger partial charge in [0, 0.05) is 20.1 Å². The first-order chi connectivity index (χ1) is 9.04. The predicted molar refractivity (Wildman–Crippen MR) is 68.9 cm³/mol. The fraction of sp³-hybridized carbons (Fsp3) is 0.462. The SMILES string of the molecule is COCCCOC(=O)C(N)Cc1ccc(O)c(O)c1. The minimum absolute atomic E-state index is 0.209. The molecule has 0 heterocycles. The number of ether oxygens (including phenoxy) is 2. The molecular formula is C13H19NO5. The summed E-state index contributed by atoms with van der Waals surface area (Å²) >= 11 is 0. The normalized spacial score (nSPS) is 12.1. The van der Waals surface area contributed by atoms with Crippen LogP contribution in [0.2, 0.25) is 0 Å². The molecule has 0 aliphatic heterocycles. The smallest absolute Gasteiger partial charge is 0.323 e. The van der Waals surface area contributed by atoms with Gasteiger partial charge in [0.1, 0.15) is 6.04 Å². The largest absolute Gasteiger partial charge is 0.504 e. The summed E-state index contributed by atoms with van der Waals surface area (Å²) in [5, 5.41) is 18.5. The van der Waals surface area contributed by atoms with Gasteiger partial charge in [0.25, 0.3) is 0 Å². The molecule has 0 amide bonds. The molecule has 19 heavy (non-hydrogen) atoms. The predicted octanol–water partition coefficient (Wildman–Crippen LogP) is 0.547. The van der Waals surface area contributed by atoms with Crippen LogP contribution in [0.25, 0.3) is 0 Å². The molecule has 1 aromatic carbocycles. The minimum Gasteiger partial charge on any atom is -0.504 e. The van der Waals surface area contributed by atoms with Gasteiger partial charge in [0.05, 0.1) is 6.61 Å². The zero-order valence-electron chi connectivity index (χ0n) is 10.8. The summed E-state index contributed by atoms with van der Waals surface area (Å²) in [7, 11) is 1.57. The Morgan fingerprint density at radius 3 is 2.68 bits per heavy atom. The topological polar surface area (TPSA) is 102 Å². The quantitative estimate of drug-likeness (QED) is 0.379. The van der Waals surface area contributed by atoms with Gasteiger partial charge in [-0.05, 0) is 24.1 Å². The van der Waals surface area contributed by atoms with Gasteiger partial charge in [0.2, 0.25) is 0 Å². The molecule has 0 aliphatic rings. The molecule has 0 aliphatic carbocycles. The van der Waals surface area contributed by atoms with Crippen molar-refractivity contribution in [2.45, 2.75) is 18.9 Å². The Morgan fingerprint density at radius 1 is 1.32 bits per heavy atom. The lowest BCUT2D eigenvalue weighted by Crippen LogP contribution is -2.34. The van der Waals surface area contributed by atoms with Crippen LogP contribution in [0.4, 0.5) is 0 Å².